The summed E-state index contributed by atoms with van der Waals surface area (Å²) in [5.41, 5.74) is 5.40. The van der Waals surface area contributed by atoms with Crippen molar-refractivity contribution < 1.29 is 14.6 Å². The van der Waals surface area contributed by atoms with Crippen molar-refractivity contribution in [3.8, 4) is 0 Å². The number of nitrogens with two attached hydrogens (primary N) is 1. The standard InChI is InChI=1S/C12H22N2O3/c1-5-17-11(15)10(8-13)9(2)14-7-6-12(3,4)16/h8,16H,5-7,13H2,1-4H3. The SMILES string of the molecule is CCOC(=O)C(=CN)C(C)=NCCC(C)(C)O. The predicted molar refractivity (Wildman–Crippen MR) is 67.8 cm³/mol. The highest BCUT2D eigenvalue weighted by molar-refractivity contribution is 6.18. The van der Waals surface area contributed by atoms with Gasteiger partial charge in [0.2, 0.25) is 0 Å². The molecule has 0 saturated heterocycles. The van der Waals surface area contributed by atoms with E-state index in [1.54, 1.807) is 27.7 Å². The van der Waals surface area contributed by atoms with Crippen LogP contribution in [-0.2, 0) is 9.53 Å². The van der Waals surface area contributed by atoms with Gasteiger partial charge in [-0.2, -0.15) is 0 Å². The lowest BCUT2D eigenvalue weighted by molar-refractivity contribution is -0.137. The van der Waals surface area contributed by atoms with E-state index in [1.165, 1.54) is 6.20 Å². The average Bonchev–Trinajstić information content (AvgIpc) is 2.17. The summed E-state index contributed by atoms with van der Waals surface area (Å²) in [4.78, 5) is 15.7. The Kier molecular flexibility index (Phi) is 6.50. The highest BCUT2D eigenvalue weighted by atomic mass is 16.5. The molecular formula is C12H22N2O3. The molecule has 0 heterocycles. The Hall–Kier alpha value is -1.36. The van der Waals surface area contributed by atoms with Gasteiger partial charge in [0.15, 0.2) is 0 Å². The lowest BCUT2D eigenvalue weighted by Gasteiger charge is -2.15. The summed E-state index contributed by atoms with van der Waals surface area (Å²) < 4.78 is 4.85. The van der Waals surface area contributed by atoms with E-state index in [9.17, 15) is 9.90 Å². The van der Waals surface area contributed by atoms with Crippen LogP contribution >= 0.6 is 0 Å². The van der Waals surface area contributed by atoms with E-state index in [2.05, 4.69) is 4.99 Å². The van der Waals surface area contributed by atoms with Crippen molar-refractivity contribution in [2.24, 2.45) is 10.7 Å². The van der Waals surface area contributed by atoms with Crippen molar-refractivity contribution in [1.29, 1.82) is 0 Å². The quantitative estimate of drug-likeness (QED) is 0.413. The Labute approximate surface area is 102 Å². The van der Waals surface area contributed by atoms with Gasteiger partial charge in [-0.15, -0.1) is 0 Å². The van der Waals surface area contributed by atoms with E-state index in [4.69, 9.17) is 10.5 Å². The van der Waals surface area contributed by atoms with Crippen molar-refractivity contribution in [2.45, 2.75) is 39.7 Å². The van der Waals surface area contributed by atoms with Gasteiger partial charge in [0, 0.05) is 18.5 Å². The third kappa shape index (κ3) is 6.73. The maximum atomic E-state index is 11.5. The Morgan fingerprint density at radius 2 is 2.12 bits per heavy atom. The summed E-state index contributed by atoms with van der Waals surface area (Å²) in [7, 11) is 0. The van der Waals surface area contributed by atoms with Gasteiger partial charge in [0.25, 0.3) is 0 Å². The van der Waals surface area contributed by atoms with Gasteiger partial charge in [-0.3, -0.25) is 4.99 Å². The van der Waals surface area contributed by atoms with E-state index in [0.29, 0.717) is 25.3 Å². The summed E-state index contributed by atoms with van der Waals surface area (Å²) >= 11 is 0. The fourth-order valence-electron chi connectivity index (χ4n) is 1.13. The highest BCUT2D eigenvalue weighted by Gasteiger charge is 2.14. The van der Waals surface area contributed by atoms with E-state index < -0.39 is 11.6 Å². The van der Waals surface area contributed by atoms with Crippen LogP contribution in [0.1, 0.15) is 34.1 Å². The molecule has 0 spiro atoms. The second-order valence-electron chi connectivity index (χ2n) is 4.33. The van der Waals surface area contributed by atoms with Crippen LogP contribution in [0.4, 0.5) is 0 Å². The number of ether oxygens (including phenoxy) is 1. The van der Waals surface area contributed by atoms with Crippen LogP contribution in [0, 0.1) is 0 Å². The third-order valence-electron chi connectivity index (χ3n) is 2.12. The molecule has 98 valence electrons. The maximum absolute atomic E-state index is 11.5. The van der Waals surface area contributed by atoms with Crippen LogP contribution in [-0.4, -0.2) is 35.5 Å². The zero-order valence-electron chi connectivity index (χ0n) is 11.0. The minimum absolute atomic E-state index is 0.266. The summed E-state index contributed by atoms with van der Waals surface area (Å²) in [6.07, 6.45) is 1.71. The smallest absolute Gasteiger partial charge is 0.341 e. The molecule has 0 aromatic rings. The Morgan fingerprint density at radius 1 is 1.53 bits per heavy atom. The molecule has 3 N–H and O–H groups in total. The highest BCUT2D eigenvalue weighted by Crippen LogP contribution is 2.08. The number of carbonyl (C=O) groups excluding carboxylic acids is 1. The normalized spacial score (nSPS) is 13.7. The third-order valence-corrected chi connectivity index (χ3v) is 2.12. The first-order valence-corrected chi connectivity index (χ1v) is 5.64. The Balaban J connectivity index is 4.50. The topological polar surface area (TPSA) is 84.9 Å². The van der Waals surface area contributed by atoms with Crippen LogP contribution < -0.4 is 5.73 Å². The molecule has 0 amide bonds. The minimum atomic E-state index is -0.764. The maximum Gasteiger partial charge on any atom is 0.341 e. The lowest BCUT2D eigenvalue weighted by Crippen LogP contribution is -2.20. The number of rotatable bonds is 6. The van der Waals surface area contributed by atoms with Crippen LogP contribution in [0.5, 0.6) is 0 Å². The number of nitrogens with zero attached hydrogens (tertiary/aromatic N) is 1. The lowest BCUT2D eigenvalue weighted by atomic mass is 10.1. The van der Waals surface area contributed by atoms with Gasteiger partial charge >= 0.3 is 5.97 Å². The molecule has 0 aromatic heterocycles. The fraction of sp³-hybridized carbons (Fsp3) is 0.667. The van der Waals surface area contributed by atoms with Gasteiger partial charge in [0.1, 0.15) is 0 Å². The fourth-order valence-corrected chi connectivity index (χ4v) is 1.13. The van der Waals surface area contributed by atoms with E-state index in [0.717, 1.165) is 0 Å². The van der Waals surface area contributed by atoms with Gasteiger partial charge in [-0.25, -0.2) is 4.79 Å². The Bertz CT molecular complexity index is 314. The zero-order valence-corrected chi connectivity index (χ0v) is 11.0. The van der Waals surface area contributed by atoms with E-state index >= 15 is 0 Å². The number of carbonyl (C=O) groups is 1. The largest absolute Gasteiger partial charge is 0.462 e. The molecule has 0 unspecified atom stereocenters. The second kappa shape index (κ2) is 7.06. The molecule has 5 heteroatoms. The summed E-state index contributed by atoms with van der Waals surface area (Å²) in [6.45, 7) is 7.58. The average molecular weight is 242 g/mol. The molecule has 0 radical (unpaired) electrons. The summed E-state index contributed by atoms with van der Waals surface area (Å²) in [6, 6.07) is 0. The predicted octanol–water partition coefficient (Wildman–Crippen LogP) is 1.01. The van der Waals surface area contributed by atoms with Crippen LogP contribution in [0.15, 0.2) is 16.8 Å². The molecule has 0 rings (SSSR count). The Morgan fingerprint density at radius 3 is 2.53 bits per heavy atom. The van der Waals surface area contributed by atoms with Crippen molar-refractivity contribution >= 4 is 11.7 Å². The van der Waals surface area contributed by atoms with Crippen LogP contribution in [0.3, 0.4) is 0 Å². The van der Waals surface area contributed by atoms with E-state index in [1.807, 2.05) is 0 Å². The van der Waals surface area contributed by atoms with Gasteiger partial charge in [0.05, 0.1) is 17.8 Å². The molecule has 0 aliphatic heterocycles. The summed E-state index contributed by atoms with van der Waals surface area (Å²) in [5, 5.41) is 9.52. The van der Waals surface area contributed by atoms with Crippen molar-refractivity contribution in [3.05, 3.63) is 11.8 Å². The first kappa shape index (κ1) is 15.6. The summed E-state index contributed by atoms with van der Waals surface area (Å²) in [5.74, 6) is -0.473. The van der Waals surface area contributed by atoms with Gasteiger partial charge in [-0.05, 0) is 34.1 Å². The monoisotopic (exact) mass is 242 g/mol. The number of aliphatic imine (C=N–C) groups is 1. The van der Waals surface area contributed by atoms with Crippen LogP contribution in [0.25, 0.3) is 0 Å². The first-order valence-electron chi connectivity index (χ1n) is 5.64. The first-order chi connectivity index (χ1) is 7.81. The van der Waals surface area contributed by atoms with Gasteiger partial charge < -0.3 is 15.6 Å². The number of aliphatic hydroxyl groups is 1. The molecule has 0 bridgehead atoms. The molecule has 17 heavy (non-hydrogen) atoms. The molecular weight excluding hydrogens is 220 g/mol. The molecule has 0 aliphatic rings. The minimum Gasteiger partial charge on any atom is -0.462 e. The van der Waals surface area contributed by atoms with E-state index in [-0.39, 0.29) is 5.57 Å². The molecule has 0 fully saturated rings. The second-order valence-corrected chi connectivity index (χ2v) is 4.33. The molecule has 0 saturated carbocycles. The van der Waals surface area contributed by atoms with Crippen molar-refractivity contribution in [3.63, 3.8) is 0 Å². The van der Waals surface area contributed by atoms with Crippen molar-refractivity contribution in [2.75, 3.05) is 13.2 Å². The number of hydrogen-bond acceptors (Lipinski definition) is 5. The molecule has 0 atom stereocenters. The molecule has 0 aromatic carbocycles. The number of hydrogen-bond donors (Lipinski definition) is 2. The molecule has 0 aliphatic carbocycles. The zero-order chi connectivity index (χ0) is 13.5. The van der Waals surface area contributed by atoms with Gasteiger partial charge in [-0.1, -0.05) is 0 Å². The van der Waals surface area contributed by atoms with Crippen molar-refractivity contribution in [1.82, 2.24) is 0 Å². The number of esters is 1. The van der Waals surface area contributed by atoms with Crippen LogP contribution in [0.2, 0.25) is 0 Å². The molecule has 5 nitrogen and oxygen atoms in total.